The molecule has 15 heavy (non-hydrogen) atoms. The Morgan fingerprint density at radius 1 is 0.667 bits per heavy atom. The largest absolute Gasteiger partial charge is 0.386 e. The van der Waals surface area contributed by atoms with E-state index in [4.69, 9.17) is 0 Å². The van der Waals surface area contributed by atoms with E-state index in [1.807, 2.05) is 0 Å². The van der Waals surface area contributed by atoms with Gasteiger partial charge in [-0.3, -0.25) is 0 Å². The molecule has 1 aliphatic heterocycles. The second kappa shape index (κ2) is 4.60. The number of hydrogen-bond donors (Lipinski definition) is 0. The summed E-state index contributed by atoms with van der Waals surface area (Å²) in [6.07, 6.45) is 8.23. The lowest BCUT2D eigenvalue weighted by Crippen LogP contribution is -2.02. The van der Waals surface area contributed by atoms with Crippen molar-refractivity contribution in [1.82, 2.24) is 0 Å². The predicted octanol–water partition coefficient (Wildman–Crippen LogP) is 2.50. The lowest BCUT2D eigenvalue weighted by atomic mass is 9.96. The SMILES string of the molecule is O=C1OC(=O)C2=C1CCCCCCCC2. The maximum atomic E-state index is 11.4. The van der Waals surface area contributed by atoms with Crippen molar-refractivity contribution in [2.75, 3.05) is 0 Å². The molecule has 0 saturated carbocycles. The zero-order valence-electron chi connectivity index (χ0n) is 8.88. The van der Waals surface area contributed by atoms with Gasteiger partial charge in [0.1, 0.15) is 0 Å². The summed E-state index contributed by atoms with van der Waals surface area (Å²) in [5.74, 6) is -0.786. The van der Waals surface area contributed by atoms with Gasteiger partial charge >= 0.3 is 11.9 Å². The highest BCUT2D eigenvalue weighted by Crippen LogP contribution is 2.28. The molecule has 0 aromatic rings. The monoisotopic (exact) mass is 208 g/mol. The standard InChI is InChI=1S/C12H16O3/c13-11-9-7-5-3-1-2-4-6-8-10(9)12(14)15-11/h1-8H2. The smallest absolute Gasteiger partial charge is 0.342 e. The fraction of sp³-hybridized carbons (Fsp3) is 0.667. The number of cyclic esters (lactones) is 2. The van der Waals surface area contributed by atoms with E-state index in [0.29, 0.717) is 11.1 Å². The van der Waals surface area contributed by atoms with Gasteiger partial charge in [0, 0.05) is 11.1 Å². The molecule has 0 aromatic heterocycles. The summed E-state index contributed by atoms with van der Waals surface area (Å²) >= 11 is 0. The first-order valence-corrected chi connectivity index (χ1v) is 5.77. The molecule has 82 valence electrons. The van der Waals surface area contributed by atoms with E-state index in [-0.39, 0.29) is 0 Å². The fourth-order valence-corrected chi connectivity index (χ4v) is 2.27. The van der Waals surface area contributed by atoms with Gasteiger partial charge in [-0.2, -0.15) is 0 Å². The van der Waals surface area contributed by atoms with E-state index in [1.165, 1.54) is 12.8 Å². The molecule has 0 spiro atoms. The molecule has 0 bridgehead atoms. The summed E-state index contributed by atoms with van der Waals surface area (Å²) in [7, 11) is 0. The minimum Gasteiger partial charge on any atom is -0.386 e. The Morgan fingerprint density at radius 2 is 1.07 bits per heavy atom. The van der Waals surface area contributed by atoms with Crippen LogP contribution in [0.4, 0.5) is 0 Å². The number of hydrogen-bond acceptors (Lipinski definition) is 3. The highest BCUT2D eigenvalue weighted by molar-refractivity contribution is 6.12. The molecule has 3 heteroatoms. The predicted molar refractivity (Wildman–Crippen MR) is 55.1 cm³/mol. The summed E-state index contributed by atoms with van der Waals surface area (Å²) in [5, 5.41) is 0. The zero-order chi connectivity index (χ0) is 10.7. The van der Waals surface area contributed by atoms with Crippen molar-refractivity contribution in [3.8, 4) is 0 Å². The first kappa shape index (κ1) is 10.4. The van der Waals surface area contributed by atoms with Crippen LogP contribution in [0.5, 0.6) is 0 Å². The van der Waals surface area contributed by atoms with Crippen molar-refractivity contribution < 1.29 is 14.3 Å². The molecule has 2 rings (SSSR count). The summed E-state index contributed by atoms with van der Waals surface area (Å²) in [5.41, 5.74) is 1.31. The van der Waals surface area contributed by atoms with Crippen molar-refractivity contribution in [2.45, 2.75) is 51.4 Å². The Labute approximate surface area is 89.5 Å². The van der Waals surface area contributed by atoms with Gasteiger partial charge < -0.3 is 4.74 Å². The van der Waals surface area contributed by atoms with Crippen LogP contribution in [-0.4, -0.2) is 11.9 Å². The summed E-state index contributed by atoms with van der Waals surface area (Å²) < 4.78 is 4.65. The van der Waals surface area contributed by atoms with Gasteiger partial charge in [-0.15, -0.1) is 0 Å². The second-order valence-electron chi connectivity index (χ2n) is 4.26. The first-order valence-electron chi connectivity index (χ1n) is 5.77. The summed E-state index contributed by atoms with van der Waals surface area (Å²) in [6.45, 7) is 0. The first-order chi connectivity index (χ1) is 7.29. The molecule has 3 nitrogen and oxygen atoms in total. The molecule has 1 heterocycles. The zero-order valence-corrected chi connectivity index (χ0v) is 8.88. The van der Waals surface area contributed by atoms with Crippen molar-refractivity contribution in [3.63, 3.8) is 0 Å². The Kier molecular flexibility index (Phi) is 3.19. The molecule has 0 aromatic carbocycles. The van der Waals surface area contributed by atoms with E-state index in [9.17, 15) is 9.59 Å². The molecule has 2 aliphatic rings. The van der Waals surface area contributed by atoms with Gasteiger partial charge in [-0.05, 0) is 25.7 Å². The van der Waals surface area contributed by atoms with Crippen molar-refractivity contribution in [2.24, 2.45) is 0 Å². The number of carbonyl (C=O) groups excluding carboxylic acids is 2. The van der Waals surface area contributed by atoms with E-state index < -0.39 is 11.9 Å². The van der Waals surface area contributed by atoms with Crippen LogP contribution in [0.1, 0.15) is 51.4 Å². The summed E-state index contributed by atoms with van der Waals surface area (Å²) in [4.78, 5) is 22.8. The molecular weight excluding hydrogens is 192 g/mol. The molecule has 0 N–H and O–H groups in total. The van der Waals surface area contributed by atoms with Crippen LogP contribution in [0.3, 0.4) is 0 Å². The number of rotatable bonds is 0. The van der Waals surface area contributed by atoms with Gasteiger partial charge in [-0.1, -0.05) is 25.7 Å². The van der Waals surface area contributed by atoms with Gasteiger partial charge in [0.25, 0.3) is 0 Å². The van der Waals surface area contributed by atoms with Crippen LogP contribution in [0, 0.1) is 0 Å². The minimum atomic E-state index is -0.393. The van der Waals surface area contributed by atoms with E-state index in [2.05, 4.69) is 4.74 Å². The number of esters is 2. The topological polar surface area (TPSA) is 43.4 Å². The second-order valence-corrected chi connectivity index (χ2v) is 4.26. The molecular formula is C12H16O3. The lowest BCUT2D eigenvalue weighted by Gasteiger charge is -2.06. The molecule has 1 aliphatic carbocycles. The highest BCUT2D eigenvalue weighted by Gasteiger charge is 2.31. The fourth-order valence-electron chi connectivity index (χ4n) is 2.27. The van der Waals surface area contributed by atoms with Gasteiger partial charge in [0.05, 0.1) is 0 Å². The quantitative estimate of drug-likeness (QED) is 0.453. The van der Waals surface area contributed by atoms with Gasteiger partial charge in [-0.25, -0.2) is 9.59 Å². The third-order valence-corrected chi connectivity index (χ3v) is 3.15. The molecule has 0 saturated heterocycles. The Hall–Kier alpha value is -1.12. The average molecular weight is 208 g/mol. The van der Waals surface area contributed by atoms with Crippen molar-refractivity contribution in [3.05, 3.63) is 11.1 Å². The van der Waals surface area contributed by atoms with Crippen LogP contribution >= 0.6 is 0 Å². The maximum Gasteiger partial charge on any atom is 0.342 e. The maximum absolute atomic E-state index is 11.4. The molecule has 0 amide bonds. The van der Waals surface area contributed by atoms with E-state index in [1.54, 1.807) is 0 Å². The van der Waals surface area contributed by atoms with Crippen LogP contribution in [-0.2, 0) is 14.3 Å². The number of ether oxygens (including phenoxy) is 1. The normalized spacial score (nSPS) is 23.7. The molecule has 0 atom stereocenters. The van der Waals surface area contributed by atoms with Crippen LogP contribution in [0.15, 0.2) is 11.1 Å². The van der Waals surface area contributed by atoms with Crippen molar-refractivity contribution >= 4 is 11.9 Å². The van der Waals surface area contributed by atoms with Crippen LogP contribution in [0.25, 0.3) is 0 Å². The third-order valence-electron chi connectivity index (χ3n) is 3.15. The van der Waals surface area contributed by atoms with Crippen molar-refractivity contribution in [1.29, 1.82) is 0 Å². The van der Waals surface area contributed by atoms with Crippen LogP contribution < -0.4 is 0 Å². The Balaban J connectivity index is 2.15. The van der Waals surface area contributed by atoms with E-state index >= 15 is 0 Å². The van der Waals surface area contributed by atoms with Crippen LogP contribution in [0.2, 0.25) is 0 Å². The summed E-state index contributed by atoms with van der Waals surface area (Å²) in [6, 6.07) is 0. The molecule has 0 radical (unpaired) electrons. The molecule has 0 fully saturated rings. The minimum absolute atomic E-state index is 0.393. The van der Waals surface area contributed by atoms with Gasteiger partial charge in [0.15, 0.2) is 0 Å². The number of carbonyl (C=O) groups is 2. The van der Waals surface area contributed by atoms with E-state index in [0.717, 1.165) is 38.5 Å². The molecule has 0 unspecified atom stereocenters. The highest BCUT2D eigenvalue weighted by atomic mass is 16.6. The average Bonchev–Trinajstić information content (AvgIpc) is 2.49. The van der Waals surface area contributed by atoms with Gasteiger partial charge in [0.2, 0.25) is 0 Å². The third kappa shape index (κ3) is 2.28. The lowest BCUT2D eigenvalue weighted by molar-refractivity contribution is -0.151. The Bertz CT molecular complexity index is 285. The Morgan fingerprint density at radius 3 is 1.53 bits per heavy atom.